The predicted molar refractivity (Wildman–Crippen MR) is 95.2 cm³/mol. The highest BCUT2D eigenvalue weighted by Gasteiger charge is 2.03. The quantitative estimate of drug-likeness (QED) is 0.711. The van der Waals surface area contributed by atoms with Gasteiger partial charge in [0.1, 0.15) is 5.75 Å². The van der Waals surface area contributed by atoms with Crippen LogP contribution in [-0.2, 0) is 0 Å². The van der Waals surface area contributed by atoms with Crippen LogP contribution in [0.3, 0.4) is 0 Å². The van der Waals surface area contributed by atoms with Crippen molar-refractivity contribution in [2.75, 3.05) is 17.2 Å². The Balaban J connectivity index is 1.71. The molecular weight excluding hydrogens is 316 g/mol. The second-order valence-electron chi connectivity index (χ2n) is 5.07. The van der Waals surface area contributed by atoms with Crippen molar-refractivity contribution >= 4 is 23.1 Å². The summed E-state index contributed by atoms with van der Waals surface area (Å²) in [5.74, 6) is 1.71. The first-order valence-electron chi connectivity index (χ1n) is 7.73. The zero-order valence-electron chi connectivity index (χ0n) is 13.6. The zero-order valence-corrected chi connectivity index (χ0v) is 13.6. The van der Waals surface area contributed by atoms with E-state index in [2.05, 4.69) is 31.9 Å². The molecule has 0 radical (unpaired) electrons. The van der Waals surface area contributed by atoms with E-state index in [1.165, 1.54) is 6.20 Å². The van der Waals surface area contributed by atoms with Gasteiger partial charge in [-0.25, -0.2) is 0 Å². The van der Waals surface area contributed by atoms with Gasteiger partial charge in [-0.1, -0.05) is 6.07 Å². The summed E-state index contributed by atoms with van der Waals surface area (Å²) in [4.78, 5) is 4.37. The van der Waals surface area contributed by atoms with Crippen molar-refractivity contribution in [3.8, 4) is 11.8 Å². The molecule has 7 heteroatoms. The summed E-state index contributed by atoms with van der Waals surface area (Å²) < 4.78 is 5.42. The second kappa shape index (κ2) is 7.75. The van der Waals surface area contributed by atoms with Gasteiger partial charge in [0.05, 0.1) is 24.4 Å². The minimum absolute atomic E-state index is 0.339. The molecule has 0 fully saturated rings. The lowest BCUT2D eigenvalue weighted by atomic mass is 10.2. The highest BCUT2D eigenvalue weighted by atomic mass is 16.5. The largest absolute Gasteiger partial charge is 0.494 e. The third-order valence-corrected chi connectivity index (χ3v) is 3.24. The molecular formula is C18H16N6O. The molecule has 0 aliphatic carbocycles. The molecule has 3 aromatic rings. The number of hydrogen-bond acceptors (Lipinski definition) is 7. The van der Waals surface area contributed by atoms with Crippen LogP contribution in [0.25, 0.3) is 0 Å². The van der Waals surface area contributed by atoms with E-state index in [0.717, 1.165) is 17.1 Å². The molecule has 1 heterocycles. The van der Waals surface area contributed by atoms with Gasteiger partial charge >= 0.3 is 0 Å². The Hall–Kier alpha value is -3.66. The van der Waals surface area contributed by atoms with Gasteiger partial charge in [-0.05, 0) is 49.4 Å². The van der Waals surface area contributed by atoms with E-state index in [9.17, 15) is 0 Å². The van der Waals surface area contributed by atoms with E-state index in [4.69, 9.17) is 10.00 Å². The van der Waals surface area contributed by atoms with Crippen LogP contribution in [0, 0.1) is 11.3 Å². The maximum Gasteiger partial charge on any atom is 0.249 e. The lowest BCUT2D eigenvalue weighted by Gasteiger charge is -2.09. The van der Waals surface area contributed by atoms with Crippen molar-refractivity contribution in [3.63, 3.8) is 0 Å². The number of anilines is 4. The van der Waals surface area contributed by atoms with Crippen molar-refractivity contribution in [2.45, 2.75) is 6.92 Å². The van der Waals surface area contributed by atoms with Crippen LogP contribution in [0.15, 0.2) is 54.7 Å². The number of ether oxygens (including phenoxy) is 1. The van der Waals surface area contributed by atoms with Gasteiger partial charge in [0.25, 0.3) is 0 Å². The molecule has 0 atom stereocenters. The molecule has 3 rings (SSSR count). The standard InChI is InChI=1S/C18H16N6O/c1-2-25-16-8-6-14(7-9-16)21-17-12-20-24-18(23-17)22-15-5-3-4-13(10-15)11-19/h3-10,12H,2H2,1H3,(H2,21,22,23,24). The SMILES string of the molecule is CCOc1ccc(Nc2cnnc(Nc3cccc(C#N)c3)n2)cc1. The van der Waals surface area contributed by atoms with E-state index in [0.29, 0.717) is 23.9 Å². The minimum Gasteiger partial charge on any atom is -0.494 e. The first kappa shape index (κ1) is 16.2. The number of hydrogen-bond donors (Lipinski definition) is 2. The van der Waals surface area contributed by atoms with Crippen molar-refractivity contribution in [3.05, 3.63) is 60.3 Å². The molecule has 0 unspecified atom stereocenters. The molecule has 2 aromatic carbocycles. The molecule has 2 N–H and O–H groups in total. The van der Waals surface area contributed by atoms with Gasteiger partial charge in [-0.3, -0.25) is 0 Å². The van der Waals surface area contributed by atoms with E-state index < -0.39 is 0 Å². The average Bonchev–Trinajstić information content (AvgIpc) is 2.64. The van der Waals surface area contributed by atoms with Crippen LogP contribution in [0.5, 0.6) is 5.75 Å². The van der Waals surface area contributed by atoms with Crippen LogP contribution in [-0.4, -0.2) is 21.8 Å². The fraction of sp³-hybridized carbons (Fsp3) is 0.111. The number of rotatable bonds is 6. The summed E-state index contributed by atoms with van der Waals surface area (Å²) in [5.41, 5.74) is 2.14. The number of nitrogens with zero attached hydrogens (tertiary/aromatic N) is 4. The summed E-state index contributed by atoms with van der Waals surface area (Å²) in [7, 11) is 0. The van der Waals surface area contributed by atoms with Gasteiger partial charge in [-0.15, -0.1) is 5.10 Å². The van der Waals surface area contributed by atoms with Gasteiger partial charge in [-0.2, -0.15) is 15.3 Å². The van der Waals surface area contributed by atoms with Crippen LogP contribution >= 0.6 is 0 Å². The Bertz CT molecular complexity index is 889. The molecule has 124 valence electrons. The minimum atomic E-state index is 0.339. The normalized spacial score (nSPS) is 9.92. The lowest BCUT2D eigenvalue weighted by Crippen LogP contribution is -2.02. The van der Waals surface area contributed by atoms with Crippen LogP contribution in [0.4, 0.5) is 23.1 Å². The fourth-order valence-electron chi connectivity index (χ4n) is 2.16. The van der Waals surface area contributed by atoms with Crippen molar-refractivity contribution in [2.24, 2.45) is 0 Å². The summed E-state index contributed by atoms with van der Waals surface area (Å²) in [5, 5.41) is 23.0. The molecule has 7 nitrogen and oxygen atoms in total. The van der Waals surface area contributed by atoms with E-state index in [-0.39, 0.29) is 0 Å². The molecule has 0 saturated heterocycles. The highest BCUT2D eigenvalue weighted by molar-refractivity contribution is 5.60. The third-order valence-electron chi connectivity index (χ3n) is 3.24. The Morgan fingerprint density at radius 3 is 2.68 bits per heavy atom. The van der Waals surface area contributed by atoms with Gasteiger partial charge in [0.15, 0.2) is 5.82 Å². The first-order chi connectivity index (χ1) is 12.3. The molecule has 0 spiro atoms. The number of nitriles is 1. The lowest BCUT2D eigenvalue weighted by molar-refractivity contribution is 0.340. The summed E-state index contributed by atoms with van der Waals surface area (Å²) in [6, 6.07) is 16.7. The first-order valence-corrected chi connectivity index (χ1v) is 7.73. The summed E-state index contributed by atoms with van der Waals surface area (Å²) in [6.07, 6.45) is 1.54. The second-order valence-corrected chi connectivity index (χ2v) is 5.07. The molecule has 25 heavy (non-hydrogen) atoms. The molecule has 0 bridgehead atoms. The van der Waals surface area contributed by atoms with Crippen LogP contribution in [0.2, 0.25) is 0 Å². The van der Waals surface area contributed by atoms with Crippen LogP contribution < -0.4 is 15.4 Å². The topological polar surface area (TPSA) is 95.8 Å². The summed E-state index contributed by atoms with van der Waals surface area (Å²) in [6.45, 7) is 2.57. The maximum atomic E-state index is 8.95. The van der Waals surface area contributed by atoms with Crippen LogP contribution in [0.1, 0.15) is 12.5 Å². The van der Waals surface area contributed by atoms with E-state index in [1.807, 2.05) is 37.3 Å². The van der Waals surface area contributed by atoms with E-state index in [1.54, 1.807) is 18.2 Å². The summed E-state index contributed by atoms with van der Waals surface area (Å²) >= 11 is 0. The monoisotopic (exact) mass is 332 g/mol. The van der Waals surface area contributed by atoms with Gasteiger partial charge < -0.3 is 15.4 Å². The molecule has 0 saturated carbocycles. The van der Waals surface area contributed by atoms with Gasteiger partial charge in [0, 0.05) is 11.4 Å². The number of aromatic nitrogens is 3. The van der Waals surface area contributed by atoms with Crippen molar-refractivity contribution < 1.29 is 4.74 Å². The maximum absolute atomic E-state index is 8.95. The van der Waals surface area contributed by atoms with Crippen molar-refractivity contribution in [1.82, 2.24) is 15.2 Å². The molecule has 0 aliphatic heterocycles. The zero-order chi connectivity index (χ0) is 17.5. The molecule has 0 aliphatic rings. The Kier molecular flexibility index (Phi) is 5.02. The highest BCUT2D eigenvalue weighted by Crippen LogP contribution is 2.20. The Morgan fingerprint density at radius 1 is 1.08 bits per heavy atom. The molecule has 0 amide bonds. The number of benzene rings is 2. The van der Waals surface area contributed by atoms with Gasteiger partial charge in [0.2, 0.25) is 5.95 Å². The Labute approximate surface area is 145 Å². The van der Waals surface area contributed by atoms with E-state index >= 15 is 0 Å². The molecule has 1 aromatic heterocycles. The third kappa shape index (κ3) is 4.42. The fourth-order valence-corrected chi connectivity index (χ4v) is 2.16. The Morgan fingerprint density at radius 2 is 1.92 bits per heavy atom. The van der Waals surface area contributed by atoms with Crippen molar-refractivity contribution in [1.29, 1.82) is 5.26 Å². The average molecular weight is 332 g/mol. The predicted octanol–water partition coefficient (Wildman–Crippen LogP) is 3.63. The number of nitrogens with one attached hydrogen (secondary N) is 2. The smallest absolute Gasteiger partial charge is 0.249 e.